The lowest BCUT2D eigenvalue weighted by atomic mass is 9.97. The van der Waals surface area contributed by atoms with Crippen LogP contribution in [0.4, 0.5) is 26.3 Å². The second-order valence-electron chi connectivity index (χ2n) is 8.38. The number of halogens is 6. The van der Waals surface area contributed by atoms with Gasteiger partial charge in [-0.25, -0.2) is 17.6 Å². The summed E-state index contributed by atoms with van der Waals surface area (Å²) in [5.74, 6) is -4.25. The molecule has 0 aliphatic rings. The van der Waals surface area contributed by atoms with Gasteiger partial charge in [-0.2, -0.15) is 8.78 Å². The summed E-state index contributed by atoms with van der Waals surface area (Å²) in [7, 11) is 0. The van der Waals surface area contributed by atoms with Gasteiger partial charge in [-0.15, -0.1) is 6.58 Å². The second kappa shape index (κ2) is 11.5. The summed E-state index contributed by atoms with van der Waals surface area (Å²) in [6.07, 6.45) is -0.657. The molecule has 0 radical (unpaired) electrons. The van der Waals surface area contributed by atoms with E-state index in [0.717, 1.165) is 54.3 Å². The Bertz CT molecular complexity index is 1430. The summed E-state index contributed by atoms with van der Waals surface area (Å²) < 4.78 is 94.0. The zero-order chi connectivity index (χ0) is 27.3. The van der Waals surface area contributed by atoms with Crippen LogP contribution < -0.4 is 9.47 Å². The van der Waals surface area contributed by atoms with Crippen LogP contribution in [0.3, 0.4) is 0 Å². The lowest BCUT2D eigenvalue weighted by Gasteiger charge is -2.19. The Labute approximate surface area is 215 Å². The number of hydrogen-bond donors (Lipinski definition) is 0. The number of allylic oxidation sites excluding steroid dienone is 1. The molecule has 0 spiro atoms. The van der Waals surface area contributed by atoms with Crippen LogP contribution in [0.2, 0.25) is 0 Å². The summed E-state index contributed by atoms with van der Waals surface area (Å²) in [6.45, 7) is 2.39. The van der Waals surface area contributed by atoms with Gasteiger partial charge in [-0.1, -0.05) is 48.5 Å². The van der Waals surface area contributed by atoms with Crippen molar-refractivity contribution in [2.75, 3.05) is 6.86 Å². The molecule has 0 fully saturated rings. The molecule has 0 atom stereocenters. The molecule has 4 aromatic carbocycles. The highest BCUT2D eigenvalue weighted by atomic mass is 19.3. The van der Waals surface area contributed by atoms with Crippen molar-refractivity contribution in [3.05, 3.63) is 120 Å². The minimum atomic E-state index is -4.18. The van der Waals surface area contributed by atoms with Gasteiger partial charge in [0.1, 0.15) is 17.4 Å². The number of hydrogen-bond acceptors (Lipinski definition) is 2. The van der Waals surface area contributed by atoms with E-state index in [4.69, 9.17) is 0 Å². The molecule has 0 unspecified atom stereocenters. The minimum Gasteiger partial charge on any atom is -0.460 e. The quantitative estimate of drug-likeness (QED) is 0.151. The number of aryl methyl sites for hydroxylation is 1. The third-order valence-corrected chi connectivity index (χ3v) is 5.85. The fourth-order valence-electron chi connectivity index (χ4n) is 3.90. The molecule has 0 heterocycles. The Kier molecular flexibility index (Phi) is 8.10. The molecule has 0 bridgehead atoms. The normalized spacial score (nSPS) is 11.3. The average Bonchev–Trinajstić information content (AvgIpc) is 2.89. The monoisotopic (exact) mass is 528 g/mol. The Morgan fingerprint density at radius 2 is 1.42 bits per heavy atom. The van der Waals surface area contributed by atoms with Crippen molar-refractivity contribution in [1.82, 2.24) is 0 Å². The van der Waals surface area contributed by atoms with Crippen molar-refractivity contribution in [2.24, 2.45) is 0 Å². The van der Waals surface area contributed by atoms with Crippen LogP contribution >= 0.6 is 0 Å². The average molecular weight is 528 g/mol. The van der Waals surface area contributed by atoms with Gasteiger partial charge >= 0.3 is 6.11 Å². The molecule has 38 heavy (non-hydrogen) atoms. The number of rotatable bonds is 10. The Morgan fingerprint density at radius 3 is 2.05 bits per heavy atom. The summed E-state index contributed by atoms with van der Waals surface area (Å²) >= 11 is 0. The molecule has 2 nitrogen and oxygen atoms in total. The van der Waals surface area contributed by atoms with Crippen LogP contribution in [0.1, 0.15) is 17.5 Å². The molecule has 196 valence electrons. The fraction of sp³-hybridized carbons (Fsp3) is 0.133. The summed E-state index contributed by atoms with van der Waals surface area (Å²) in [6, 6.07) is 17.1. The van der Waals surface area contributed by atoms with Crippen molar-refractivity contribution in [2.45, 2.75) is 19.0 Å². The lowest BCUT2D eigenvalue weighted by Crippen LogP contribution is -2.23. The molecular formula is C30H22F6O2. The lowest BCUT2D eigenvalue weighted by molar-refractivity contribution is -0.187. The van der Waals surface area contributed by atoms with E-state index >= 15 is 0 Å². The van der Waals surface area contributed by atoms with Crippen molar-refractivity contribution in [3.63, 3.8) is 0 Å². The third kappa shape index (κ3) is 6.02. The van der Waals surface area contributed by atoms with Gasteiger partial charge in [0, 0.05) is 11.6 Å². The van der Waals surface area contributed by atoms with Crippen LogP contribution in [0.15, 0.2) is 91.5 Å². The third-order valence-electron chi connectivity index (χ3n) is 5.85. The number of alkyl halides is 3. The van der Waals surface area contributed by atoms with Crippen molar-refractivity contribution in [1.29, 1.82) is 0 Å². The van der Waals surface area contributed by atoms with Crippen LogP contribution in [0, 0.1) is 17.5 Å². The first-order valence-corrected chi connectivity index (χ1v) is 11.6. The second-order valence-corrected chi connectivity index (χ2v) is 8.38. The van der Waals surface area contributed by atoms with E-state index < -0.39 is 47.5 Å². The molecule has 0 amide bonds. The molecule has 0 N–H and O–H groups in total. The van der Waals surface area contributed by atoms with Gasteiger partial charge in [0.15, 0.2) is 11.6 Å². The zero-order valence-electron chi connectivity index (χ0n) is 20.0. The SMILES string of the molecule is C=CCCc1ccc(-c2ccc(-c3ccc(C(F)(F)Oc4ccc(OCF)c(F)c4)c(F)c3)c(F)c2)cc1. The largest absolute Gasteiger partial charge is 0.460 e. The van der Waals surface area contributed by atoms with Crippen LogP contribution in [-0.2, 0) is 12.5 Å². The Hall–Kier alpha value is -4.20. The molecule has 0 aromatic heterocycles. The number of benzene rings is 4. The van der Waals surface area contributed by atoms with E-state index in [9.17, 15) is 26.3 Å². The summed E-state index contributed by atoms with van der Waals surface area (Å²) in [4.78, 5) is 0. The van der Waals surface area contributed by atoms with Crippen LogP contribution in [-0.4, -0.2) is 6.86 Å². The maximum Gasteiger partial charge on any atom is 0.429 e. The van der Waals surface area contributed by atoms with Gasteiger partial charge in [0.05, 0.1) is 5.56 Å². The molecular weight excluding hydrogens is 506 g/mol. The zero-order valence-corrected chi connectivity index (χ0v) is 20.0. The van der Waals surface area contributed by atoms with E-state index in [1.807, 2.05) is 30.3 Å². The predicted molar refractivity (Wildman–Crippen MR) is 133 cm³/mol. The minimum absolute atomic E-state index is 0.0246. The van der Waals surface area contributed by atoms with Gasteiger partial charge in [0.2, 0.25) is 6.86 Å². The molecule has 0 saturated heterocycles. The van der Waals surface area contributed by atoms with E-state index in [0.29, 0.717) is 11.6 Å². The van der Waals surface area contributed by atoms with Crippen LogP contribution in [0.25, 0.3) is 22.3 Å². The van der Waals surface area contributed by atoms with Crippen molar-refractivity contribution < 1.29 is 35.8 Å². The fourth-order valence-corrected chi connectivity index (χ4v) is 3.90. The first kappa shape index (κ1) is 26.9. The molecule has 0 saturated carbocycles. The van der Waals surface area contributed by atoms with Gasteiger partial charge in [-0.3, -0.25) is 0 Å². The first-order chi connectivity index (χ1) is 18.2. The van der Waals surface area contributed by atoms with Crippen LogP contribution in [0.5, 0.6) is 11.5 Å². The van der Waals surface area contributed by atoms with Gasteiger partial charge < -0.3 is 9.47 Å². The maximum atomic E-state index is 15.0. The molecule has 8 heteroatoms. The maximum absolute atomic E-state index is 15.0. The number of ether oxygens (including phenoxy) is 2. The molecule has 0 aliphatic heterocycles. The van der Waals surface area contributed by atoms with E-state index in [1.165, 1.54) is 12.1 Å². The molecule has 0 aliphatic carbocycles. The molecule has 4 aromatic rings. The summed E-state index contributed by atoms with van der Waals surface area (Å²) in [5, 5.41) is 0. The standard InChI is InChI=1S/C30H22F6O2/c1-2-3-4-19-5-7-20(8-6-19)21-9-12-24(26(32)15-21)22-10-13-25(27(33)16-22)30(35,36)38-23-11-14-29(37-18-31)28(34)17-23/h2,5-17H,1,3-4,18H2. The smallest absolute Gasteiger partial charge is 0.429 e. The van der Waals surface area contributed by atoms with E-state index in [2.05, 4.69) is 16.1 Å². The van der Waals surface area contributed by atoms with E-state index in [1.54, 1.807) is 6.07 Å². The highest BCUT2D eigenvalue weighted by molar-refractivity contribution is 5.71. The summed E-state index contributed by atoms with van der Waals surface area (Å²) in [5.41, 5.74) is 1.46. The molecule has 4 rings (SSSR count). The van der Waals surface area contributed by atoms with Gasteiger partial charge in [-0.05, 0) is 65.4 Å². The van der Waals surface area contributed by atoms with Crippen molar-refractivity contribution >= 4 is 0 Å². The highest BCUT2D eigenvalue weighted by Gasteiger charge is 2.38. The topological polar surface area (TPSA) is 18.5 Å². The van der Waals surface area contributed by atoms with Gasteiger partial charge in [0.25, 0.3) is 0 Å². The highest BCUT2D eigenvalue weighted by Crippen LogP contribution is 2.37. The predicted octanol–water partition coefficient (Wildman–Crippen LogP) is 8.99. The Balaban J connectivity index is 1.54. The van der Waals surface area contributed by atoms with E-state index in [-0.39, 0.29) is 11.1 Å². The van der Waals surface area contributed by atoms with Crippen molar-refractivity contribution in [3.8, 4) is 33.8 Å². The Morgan fingerprint density at radius 1 is 0.737 bits per heavy atom. The first-order valence-electron chi connectivity index (χ1n) is 11.6.